The average Bonchev–Trinajstić information content (AvgIpc) is 2.77. The Labute approximate surface area is 187 Å². The number of carboxylic acid groups (broad SMARTS) is 1. The largest absolute Gasteiger partial charge is 0.496 e. The quantitative estimate of drug-likeness (QED) is 0.502. The maximum absolute atomic E-state index is 13.0. The molecule has 0 amide bonds. The van der Waals surface area contributed by atoms with Crippen LogP contribution in [0.3, 0.4) is 0 Å². The Hall–Kier alpha value is -3.02. The van der Waals surface area contributed by atoms with Gasteiger partial charge in [-0.25, -0.2) is 9.59 Å². The summed E-state index contributed by atoms with van der Waals surface area (Å²) in [5, 5.41) is 9.18. The van der Waals surface area contributed by atoms with E-state index in [1.54, 1.807) is 13.2 Å². The van der Waals surface area contributed by atoms with Gasteiger partial charge in [0, 0.05) is 5.56 Å². The summed E-state index contributed by atoms with van der Waals surface area (Å²) in [6.45, 7) is 0. The number of hydrogen-bond donors (Lipinski definition) is 1. The first kappa shape index (κ1) is 20.9. The third kappa shape index (κ3) is 3.51. The van der Waals surface area contributed by atoms with Crippen molar-refractivity contribution in [2.45, 2.75) is 43.9 Å². The number of ether oxygens (including phenoxy) is 3. The first-order chi connectivity index (χ1) is 15.4. The predicted molar refractivity (Wildman–Crippen MR) is 118 cm³/mol. The molecule has 6 rings (SSSR count). The predicted octanol–water partition coefficient (Wildman–Crippen LogP) is 5.09. The molecular formula is C26H28O6. The number of methoxy groups -OCH3 is 2. The molecule has 4 aliphatic carbocycles. The van der Waals surface area contributed by atoms with E-state index in [0.29, 0.717) is 5.56 Å². The SMILES string of the molecule is COc1cc(C(=O)O)ccc1OC(=O)c1ccc(OC)c(C23CC4CC(CC(C4)C2)C3)c1. The van der Waals surface area contributed by atoms with Crippen molar-refractivity contribution < 1.29 is 28.9 Å². The lowest BCUT2D eigenvalue weighted by molar-refractivity contribution is -0.00618. The Balaban J connectivity index is 1.45. The molecule has 168 valence electrons. The molecule has 2 aromatic rings. The van der Waals surface area contributed by atoms with Crippen molar-refractivity contribution in [3.63, 3.8) is 0 Å². The summed E-state index contributed by atoms with van der Waals surface area (Å²) >= 11 is 0. The molecule has 4 aliphatic rings. The Morgan fingerprint density at radius 2 is 1.38 bits per heavy atom. The van der Waals surface area contributed by atoms with Crippen molar-refractivity contribution in [3.8, 4) is 17.2 Å². The lowest BCUT2D eigenvalue weighted by Gasteiger charge is -2.57. The van der Waals surface area contributed by atoms with Gasteiger partial charge in [0.1, 0.15) is 5.75 Å². The fourth-order valence-corrected chi connectivity index (χ4v) is 6.73. The highest BCUT2D eigenvalue weighted by Gasteiger charge is 2.52. The fraction of sp³-hybridized carbons (Fsp3) is 0.462. The van der Waals surface area contributed by atoms with Crippen LogP contribution in [0.15, 0.2) is 36.4 Å². The van der Waals surface area contributed by atoms with Crippen molar-refractivity contribution in [2.75, 3.05) is 14.2 Å². The van der Waals surface area contributed by atoms with Gasteiger partial charge in [-0.3, -0.25) is 0 Å². The number of carboxylic acids is 1. The number of esters is 1. The minimum atomic E-state index is -1.07. The van der Waals surface area contributed by atoms with Crippen molar-refractivity contribution >= 4 is 11.9 Å². The molecule has 1 N–H and O–H groups in total. The maximum atomic E-state index is 13.0. The van der Waals surface area contributed by atoms with E-state index in [2.05, 4.69) is 0 Å². The second-order valence-corrected chi connectivity index (χ2v) is 9.67. The molecule has 0 unspecified atom stereocenters. The molecule has 2 aromatic carbocycles. The van der Waals surface area contributed by atoms with Crippen molar-refractivity contribution in [3.05, 3.63) is 53.1 Å². The summed E-state index contributed by atoms with van der Waals surface area (Å²) in [7, 11) is 3.10. The number of benzene rings is 2. The highest BCUT2D eigenvalue weighted by atomic mass is 16.6. The van der Waals surface area contributed by atoms with Gasteiger partial charge in [-0.15, -0.1) is 0 Å². The number of carbonyl (C=O) groups excluding carboxylic acids is 1. The van der Waals surface area contributed by atoms with E-state index < -0.39 is 11.9 Å². The molecule has 0 saturated heterocycles. The summed E-state index contributed by atoms with van der Waals surface area (Å²) in [4.78, 5) is 24.3. The molecule has 6 nitrogen and oxygen atoms in total. The third-order valence-corrected chi connectivity index (χ3v) is 7.66. The van der Waals surface area contributed by atoms with Crippen LogP contribution < -0.4 is 14.2 Å². The van der Waals surface area contributed by atoms with Crippen LogP contribution in [0.25, 0.3) is 0 Å². The summed E-state index contributed by atoms with van der Waals surface area (Å²) < 4.78 is 16.6. The number of rotatable bonds is 6. The molecule has 0 spiro atoms. The highest BCUT2D eigenvalue weighted by Crippen LogP contribution is 2.61. The molecule has 4 saturated carbocycles. The average molecular weight is 437 g/mol. The van der Waals surface area contributed by atoms with E-state index >= 15 is 0 Å². The molecule has 6 heteroatoms. The normalized spacial score (nSPS) is 27.8. The lowest BCUT2D eigenvalue weighted by Crippen LogP contribution is -2.48. The second kappa shape index (κ2) is 7.84. The van der Waals surface area contributed by atoms with E-state index in [4.69, 9.17) is 14.2 Å². The number of hydrogen-bond acceptors (Lipinski definition) is 5. The Kier molecular flexibility index (Phi) is 5.11. The van der Waals surface area contributed by atoms with Crippen LogP contribution in [0, 0.1) is 17.8 Å². The monoisotopic (exact) mass is 436 g/mol. The topological polar surface area (TPSA) is 82.1 Å². The number of aromatic carboxylic acids is 1. The molecule has 4 bridgehead atoms. The zero-order chi connectivity index (χ0) is 22.5. The first-order valence-electron chi connectivity index (χ1n) is 11.2. The van der Waals surface area contributed by atoms with Crippen molar-refractivity contribution in [2.24, 2.45) is 17.8 Å². The van der Waals surface area contributed by atoms with Crippen LogP contribution in [0.4, 0.5) is 0 Å². The van der Waals surface area contributed by atoms with Crippen LogP contribution in [-0.2, 0) is 5.41 Å². The Morgan fingerprint density at radius 1 is 0.812 bits per heavy atom. The molecular weight excluding hydrogens is 408 g/mol. The Morgan fingerprint density at radius 3 is 1.94 bits per heavy atom. The smallest absolute Gasteiger partial charge is 0.343 e. The summed E-state index contributed by atoms with van der Waals surface area (Å²) in [6.07, 6.45) is 7.52. The highest BCUT2D eigenvalue weighted by molar-refractivity contribution is 5.93. The van der Waals surface area contributed by atoms with Gasteiger partial charge < -0.3 is 19.3 Å². The number of carbonyl (C=O) groups is 2. The van der Waals surface area contributed by atoms with Crippen molar-refractivity contribution in [1.82, 2.24) is 0 Å². The van der Waals surface area contributed by atoms with Gasteiger partial charge in [0.05, 0.1) is 25.3 Å². The summed E-state index contributed by atoms with van der Waals surface area (Å²) in [5.41, 5.74) is 1.73. The van der Waals surface area contributed by atoms with Gasteiger partial charge in [0.15, 0.2) is 11.5 Å². The molecule has 0 aliphatic heterocycles. The van der Waals surface area contributed by atoms with E-state index in [1.807, 2.05) is 12.1 Å². The second-order valence-electron chi connectivity index (χ2n) is 9.67. The van der Waals surface area contributed by atoms with Gasteiger partial charge >= 0.3 is 11.9 Å². The molecule has 0 aromatic heterocycles. The van der Waals surface area contributed by atoms with Gasteiger partial charge in [0.2, 0.25) is 0 Å². The zero-order valence-electron chi connectivity index (χ0n) is 18.4. The first-order valence-corrected chi connectivity index (χ1v) is 11.2. The molecule has 0 atom stereocenters. The third-order valence-electron chi connectivity index (χ3n) is 7.66. The van der Waals surface area contributed by atoms with Gasteiger partial charge in [-0.1, -0.05) is 0 Å². The summed E-state index contributed by atoms with van der Waals surface area (Å²) in [6, 6.07) is 9.73. The van der Waals surface area contributed by atoms with E-state index in [-0.39, 0.29) is 22.5 Å². The minimum absolute atomic E-state index is 0.0650. The van der Waals surface area contributed by atoms with Gasteiger partial charge in [-0.2, -0.15) is 0 Å². The van der Waals surface area contributed by atoms with Gasteiger partial charge in [0.25, 0.3) is 0 Å². The summed E-state index contributed by atoms with van der Waals surface area (Å²) in [5.74, 6) is 1.99. The van der Waals surface area contributed by atoms with Crippen LogP contribution in [-0.4, -0.2) is 31.3 Å². The Bertz CT molecular complexity index is 1040. The molecule has 4 fully saturated rings. The molecule has 0 radical (unpaired) electrons. The van der Waals surface area contributed by atoms with Crippen LogP contribution in [0.2, 0.25) is 0 Å². The van der Waals surface area contributed by atoms with Crippen molar-refractivity contribution in [1.29, 1.82) is 0 Å². The maximum Gasteiger partial charge on any atom is 0.343 e. The van der Waals surface area contributed by atoms with E-state index in [1.165, 1.54) is 63.8 Å². The fourth-order valence-electron chi connectivity index (χ4n) is 6.73. The molecule has 32 heavy (non-hydrogen) atoms. The lowest BCUT2D eigenvalue weighted by atomic mass is 9.48. The van der Waals surface area contributed by atoms with Gasteiger partial charge in [-0.05, 0) is 98.1 Å². The van der Waals surface area contributed by atoms with E-state index in [9.17, 15) is 14.7 Å². The van der Waals surface area contributed by atoms with Crippen LogP contribution in [0.5, 0.6) is 17.2 Å². The van der Waals surface area contributed by atoms with E-state index in [0.717, 1.165) is 29.1 Å². The van der Waals surface area contributed by atoms with Crippen LogP contribution in [0.1, 0.15) is 64.8 Å². The zero-order valence-corrected chi connectivity index (χ0v) is 18.4. The minimum Gasteiger partial charge on any atom is -0.496 e. The standard InChI is InChI=1S/C26H28O6/c1-30-21-5-4-19(25(29)32-22-6-3-18(24(27)28)11-23(22)31-2)10-20(21)26-12-15-7-16(13-26)9-17(8-15)14-26/h3-6,10-11,15-17H,7-9,12-14H2,1-2H3,(H,27,28). The molecule has 0 heterocycles. The van der Waals surface area contributed by atoms with Crippen LogP contribution >= 0.6 is 0 Å².